The van der Waals surface area contributed by atoms with E-state index in [0.717, 1.165) is 0 Å². The summed E-state index contributed by atoms with van der Waals surface area (Å²) in [6.45, 7) is 5.55. The highest BCUT2D eigenvalue weighted by atomic mass is 16.4. The Bertz CT molecular complexity index is 650. The van der Waals surface area contributed by atoms with E-state index < -0.39 is 54.3 Å². The molecule has 1 saturated heterocycles. The van der Waals surface area contributed by atoms with Crippen LogP contribution in [-0.4, -0.2) is 75.5 Å². The predicted molar refractivity (Wildman–Crippen MR) is 102 cm³/mol. The molecule has 0 aromatic rings. The van der Waals surface area contributed by atoms with Crippen molar-refractivity contribution in [3.8, 4) is 0 Å². The van der Waals surface area contributed by atoms with Gasteiger partial charge in [0.15, 0.2) is 0 Å². The minimum Gasteiger partial charge on any atom is -0.481 e. The van der Waals surface area contributed by atoms with Crippen LogP contribution in [0.1, 0.15) is 46.5 Å². The molecule has 3 amide bonds. The lowest BCUT2D eigenvalue weighted by Gasteiger charge is -2.28. The second kappa shape index (κ2) is 10.7. The van der Waals surface area contributed by atoms with E-state index in [1.165, 1.54) is 11.8 Å². The molecule has 1 heterocycles. The summed E-state index contributed by atoms with van der Waals surface area (Å²) in [4.78, 5) is 60.9. The lowest BCUT2D eigenvalue weighted by atomic mass is 10.0. The van der Waals surface area contributed by atoms with Crippen LogP contribution in [0.4, 0.5) is 0 Å². The Morgan fingerprint density at radius 2 is 1.69 bits per heavy atom. The number of carboxylic acid groups (broad SMARTS) is 2. The number of aliphatic carboxylic acids is 2. The summed E-state index contributed by atoms with van der Waals surface area (Å²) in [6.07, 6.45) is 0.474. The van der Waals surface area contributed by atoms with Gasteiger partial charge in [-0.05, 0) is 32.1 Å². The van der Waals surface area contributed by atoms with E-state index in [9.17, 15) is 24.0 Å². The number of nitrogens with two attached hydrogens (primary N) is 1. The molecule has 4 unspecified atom stereocenters. The van der Waals surface area contributed by atoms with Gasteiger partial charge in [0.2, 0.25) is 17.7 Å². The van der Waals surface area contributed by atoms with E-state index >= 15 is 0 Å². The molecular formula is C18H30N4O7. The average Bonchev–Trinajstić information content (AvgIpc) is 3.08. The van der Waals surface area contributed by atoms with Crippen LogP contribution in [0.5, 0.6) is 0 Å². The SMILES string of the molecule is CC(C)CC(NC(=O)C1CCCN1C(=O)C(C)N)C(=O)NC(CC(=O)O)C(=O)O. The third kappa shape index (κ3) is 7.33. The molecule has 1 aliphatic rings. The van der Waals surface area contributed by atoms with Crippen molar-refractivity contribution in [3.05, 3.63) is 0 Å². The Balaban J connectivity index is 2.90. The highest BCUT2D eigenvalue weighted by Gasteiger charge is 2.37. The van der Waals surface area contributed by atoms with Crippen molar-refractivity contribution in [2.75, 3.05) is 6.54 Å². The molecule has 0 bridgehead atoms. The van der Waals surface area contributed by atoms with Gasteiger partial charge in [0.05, 0.1) is 12.5 Å². The normalized spacial score (nSPS) is 19.3. The molecule has 1 aliphatic heterocycles. The quantitative estimate of drug-likeness (QED) is 0.299. The number of amides is 3. The molecular weight excluding hydrogens is 384 g/mol. The van der Waals surface area contributed by atoms with Gasteiger partial charge < -0.3 is 31.5 Å². The van der Waals surface area contributed by atoms with Crippen molar-refractivity contribution in [2.24, 2.45) is 11.7 Å². The molecule has 0 aromatic heterocycles. The Labute approximate surface area is 169 Å². The molecule has 6 N–H and O–H groups in total. The maximum atomic E-state index is 12.7. The minimum atomic E-state index is -1.62. The van der Waals surface area contributed by atoms with E-state index in [4.69, 9.17) is 15.9 Å². The number of nitrogens with zero attached hydrogens (tertiary/aromatic N) is 1. The summed E-state index contributed by atoms with van der Waals surface area (Å²) in [6, 6.07) is -4.20. The first-order chi connectivity index (χ1) is 13.4. The smallest absolute Gasteiger partial charge is 0.326 e. The molecule has 164 valence electrons. The Morgan fingerprint density at radius 1 is 1.07 bits per heavy atom. The number of nitrogens with one attached hydrogen (secondary N) is 2. The summed E-state index contributed by atoms with van der Waals surface area (Å²) in [5.41, 5.74) is 5.63. The van der Waals surface area contributed by atoms with E-state index in [-0.39, 0.29) is 18.2 Å². The third-order valence-electron chi connectivity index (χ3n) is 4.56. The second-order valence-corrected chi connectivity index (χ2v) is 7.67. The van der Waals surface area contributed by atoms with Crippen LogP contribution in [0, 0.1) is 5.92 Å². The van der Waals surface area contributed by atoms with Gasteiger partial charge in [0.1, 0.15) is 18.1 Å². The highest BCUT2D eigenvalue weighted by Crippen LogP contribution is 2.19. The lowest BCUT2D eigenvalue weighted by Crippen LogP contribution is -2.56. The van der Waals surface area contributed by atoms with Crippen molar-refractivity contribution in [2.45, 2.75) is 70.6 Å². The highest BCUT2D eigenvalue weighted by molar-refractivity contribution is 5.94. The number of hydrogen-bond acceptors (Lipinski definition) is 6. The number of carbonyl (C=O) groups excluding carboxylic acids is 3. The largest absolute Gasteiger partial charge is 0.481 e. The zero-order valence-corrected chi connectivity index (χ0v) is 16.9. The van der Waals surface area contributed by atoms with Crippen LogP contribution in [-0.2, 0) is 24.0 Å². The summed E-state index contributed by atoms with van der Waals surface area (Å²) in [5, 5.41) is 22.7. The van der Waals surface area contributed by atoms with Crippen molar-refractivity contribution in [1.82, 2.24) is 15.5 Å². The molecule has 0 spiro atoms. The zero-order valence-electron chi connectivity index (χ0n) is 16.9. The molecule has 11 heteroatoms. The van der Waals surface area contributed by atoms with Crippen LogP contribution in [0.25, 0.3) is 0 Å². The van der Waals surface area contributed by atoms with Crippen LogP contribution in [0.15, 0.2) is 0 Å². The van der Waals surface area contributed by atoms with Gasteiger partial charge in [-0.2, -0.15) is 0 Å². The first-order valence-electron chi connectivity index (χ1n) is 9.55. The molecule has 11 nitrogen and oxygen atoms in total. The van der Waals surface area contributed by atoms with E-state index in [1.807, 2.05) is 13.8 Å². The summed E-state index contributed by atoms with van der Waals surface area (Å²) in [5.74, 6) is -4.55. The fourth-order valence-electron chi connectivity index (χ4n) is 3.18. The van der Waals surface area contributed by atoms with Crippen molar-refractivity contribution >= 4 is 29.7 Å². The molecule has 0 aromatic carbocycles. The fraction of sp³-hybridized carbons (Fsp3) is 0.722. The van der Waals surface area contributed by atoms with Gasteiger partial charge in [-0.1, -0.05) is 13.8 Å². The van der Waals surface area contributed by atoms with Crippen LogP contribution >= 0.6 is 0 Å². The topological polar surface area (TPSA) is 179 Å². The Kier molecular flexibility index (Phi) is 9.02. The Hall–Kier alpha value is -2.69. The van der Waals surface area contributed by atoms with Gasteiger partial charge >= 0.3 is 11.9 Å². The minimum absolute atomic E-state index is 0.0146. The van der Waals surface area contributed by atoms with Crippen LogP contribution < -0.4 is 16.4 Å². The molecule has 0 saturated carbocycles. The van der Waals surface area contributed by atoms with Crippen LogP contribution in [0.3, 0.4) is 0 Å². The Morgan fingerprint density at radius 3 is 2.17 bits per heavy atom. The lowest BCUT2D eigenvalue weighted by molar-refractivity contribution is -0.147. The summed E-state index contributed by atoms with van der Waals surface area (Å²) < 4.78 is 0. The fourth-order valence-corrected chi connectivity index (χ4v) is 3.18. The predicted octanol–water partition coefficient (Wildman–Crippen LogP) is -1.10. The van der Waals surface area contributed by atoms with Crippen molar-refractivity contribution < 1.29 is 34.2 Å². The number of carbonyl (C=O) groups is 5. The second-order valence-electron chi connectivity index (χ2n) is 7.67. The third-order valence-corrected chi connectivity index (χ3v) is 4.56. The first-order valence-corrected chi connectivity index (χ1v) is 9.55. The molecule has 4 atom stereocenters. The average molecular weight is 414 g/mol. The maximum Gasteiger partial charge on any atom is 0.326 e. The molecule has 1 rings (SSSR count). The maximum absolute atomic E-state index is 12.7. The van der Waals surface area contributed by atoms with Gasteiger partial charge in [-0.15, -0.1) is 0 Å². The number of hydrogen-bond donors (Lipinski definition) is 5. The first kappa shape index (κ1) is 24.3. The van der Waals surface area contributed by atoms with E-state index in [1.54, 1.807) is 0 Å². The van der Waals surface area contributed by atoms with E-state index in [2.05, 4.69) is 10.6 Å². The monoisotopic (exact) mass is 414 g/mol. The number of carboxylic acids is 2. The standard InChI is InChI=1S/C18H30N4O7/c1-9(2)7-11(15(25)21-12(18(28)29)8-14(23)24)20-16(26)13-5-4-6-22(13)17(27)10(3)19/h9-13H,4-8,19H2,1-3H3,(H,20,26)(H,21,25)(H,23,24)(H,28,29). The van der Waals surface area contributed by atoms with E-state index in [0.29, 0.717) is 19.4 Å². The molecule has 0 aliphatic carbocycles. The summed E-state index contributed by atoms with van der Waals surface area (Å²) in [7, 11) is 0. The molecule has 1 fully saturated rings. The van der Waals surface area contributed by atoms with Gasteiger partial charge in [-0.3, -0.25) is 19.2 Å². The summed E-state index contributed by atoms with van der Waals surface area (Å²) >= 11 is 0. The molecule has 0 radical (unpaired) electrons. The van der Waals surface area contributed by atoms with Gasteiger partial charge in [0.25, 0.3) is 0 Å². The number of rotatable bonds is 10. The van der Waals surface area contributed by atoms with Gasteiger partial charge in [0, 0.05) is 6.54 Å². The molecule has 29 heavy (non-hydrogen) atoms. The van der Waals surface area contributed by atoms with Crippen molar-refractivity contribution in [1.29, 1.82) is 0 Å². The number of likely N-dealkylation sites (tertiary alicyclic amines) is 1. The van der Waals surface area contributed by atoms with Crippen LogP contribution in [0.2, 0.25) is 0 Å². The van der Waals surface area contributed by atoms with Gasteiger partial charge in [-0.25, -0.2) is 4.79 Å². The van der Waals surface area contributed by atoms with Crippen molar-refractivity contribution in [3.63, 3.8) is 0 Å². The zero-order chi connectivity index (χ0) is 22.3.